The zero-order valence-corrected chi connectivity index (χ0v) is 17.0. The van der Waals surface area contributed by atoms with E-state index in [-0.39, 0.29) is 30.7 Å². The molecular weight excluding hydrogens is 398 g/mol. The average molecular weight is 418 g/mol. The van der Waals surface area contributed by atoms with E-state index in [0.717, 1.165) is 19.8 Å². The van der Waals surface area contributed by atoms with E-state index in [1.54, 1.807) is 0 Å². The number of carbonyl (C=O) groups is 1. The number of aromatic nitrogens is 3. The molecule has 2 aromatic rings. The molecule has 1 saturated heterocycles. The van der Waals surface area contributed by atoms with Crippen LogP contribution in [0.15, 0.2) is 12.1 Å². The van der Waals surface area contributed by atoms with Crippen molar-refractivity contribution in [1.82, 2.24) is 19.5 Å². The fourth-order valence-electron chi connectivity index (χ4n) is 3.00. The molecule has 2 atom stereocenters. The van der Waals surface area contributed by atoms with Crippen molar-refractivity contribution in [2.45, 2.75) is 25.8 Å². The Bertz CT molecular complexity index is 910. The van der Waals surface area contributed by atoms with Crippen LogP contribution in [-0.2, 0) is 21.4 Å². The first-order valence-corrected chi connectivity index (χ1v) is 11.1. The van der Waals surface area contributed by atoms with Gasteiger partial charge in [0.25, 0.3) is 0 Å². The predicted octanol–water partition coefficient (Wildman–Crippen LogP) is 2.07. The minimum atomic E-state index is -3.59. The first kappa shape index (κ1) is 19.1. The van der Waals surface area contributed by atoms with Crippen molar-refractivity contribution in [3.8, 4) is 0 Å². The highest BCUT2D eigenvalue weighted by atomic mass is 35.5. The molecule has 1 aliphatic heterocycles. The Balaban J connectivity index is 1.76. The molecule has 2 unspecified atom stereocenters. The summed E-state index contributed by atoms with van der Waals surface area (Å²) in [5, 5.41) is 7.15. The number of hydrogen-bond acceptors (Lipinski definition) is 7. The third-order valence-electron chi connectivity index (χ3n) is 4.43. The molecule has 1 amide bonds. The predicted molar refractivity (Wildman–Crippen MR) is 101 cm³/mol. The van der Waals surface area contributed by atoms with Crippen LogP contribution in [0.4, 0.5) is 5.95 Å². The van der Waals surface area contributed by atoms with Crippen LogP contribution in [0.3, 0.4) is 0 Å². The molecule has 142 valence electrons. The van der Waals surface area contributed by atoms with Gasteiger partial charge >= 0.3 is 0 Å². The third-order valence-corrected chi connectivity index (χ3v) is 6.80. The summed E-state index contributed by atoms with van der Waals surface area (Å²) in [5.41, 5.74) is 0. The van der Waals surface area contributed by atoms with E-state index in [1.807, 2.05) is 31.0 Å². The molecule has 1 fully saturated rings. The van der Waals surface area contributed by atoms with Gasteiger partial charge in [0.2, 0.25) is 21.9 Å². The Hall–Kier alpha value is -1.65. The van der Waals surface area contributed by atoms with E-state index in [9.17, 15) is 13.2 Å². The summed E-state index contributed by atoms with van der Waals surface area (Å²) in [6, 6.07) is 3.80. The lowest BCUT2D eigenvalue weighted by atomic mass is 9.87. The number of nitrogens with zero attached hydrogens (tertiary/aromatic N) is 4. The van der Waals surface area contributed by atoms with Gasteiger partial charge < -0.3 is 4.90 Å². The number of piperidine rings is 1. The second kappa shape index (κ2) is 7.16. The van der Waals surface area contributed by atoms with Gasteiger partial charge in [0.15, 0.2) is 0 Å². The Morgan fingerprint density at radius 1 is 1.46 bits per heavy atom. The summed E-state index contributed by atoms with van der Waals surface area (Å²) in [5.74, 6) is 0.489. The SMILES string of the molecule is CC1CC(=O)N(S(C)(=O)=O)CC1c1nc(N(C)Cc2ccc(Cl)s2)n[nH]1. The van der Waals surface area contributed by atoms with Crippen molar-refractivity contribution in [2.24, 2.45) is 5.92 Å². The van der Waals surface area contributed by atoms with Gasteiger partial charge in [0.05, 0.1) is 17.1 Å². The lowest BCUT2D eigenvalue weighted by Crippen LogP contribution is -2.45. The molecule has 1 aliphatic rings. The summed E-state index contributed by atoms with van der Waals surface area (Å²) < 4.78 is 25.3. The van der Waals surface area contributed by atoms with Gasteiger partial charge in [-0.25, -0.2) is 12.7 Å². The van der Waals surface area contributed by atoms with E-state index in [4.69, 9.17) is 11.6 Å². The maximum absolute atomic E-state index is 12.0. The summed E-state index contributed by atoms with van der Waals surface area (Å²) in [4.78, 5) is 19.5. The number of carbonyl (C=O) groups excluding carboxylic acids is 1. The van der Waals surface area contributed by atoms with Crippen LogP contribution in [-0.4, -0.2) is 53.7 Å². The minimum Gasteiger partial charge on any atom is -0.337 e. The van der Waals surface area contributed by atoms with Crippen LogP contribution in [0.2, 0.25) is 4.34 Å². The Morgan fingerprint density at radius 3 is 2.81 bits per heavy atom. The van der Waals surface area contributed by atoms with E-state index in [1.165, 1.54) is 11.3 Å². The molecule has 26 heavy (non-hydrogen) atoms. The van der Waals surface area contributed by atoms with Gasteiger partial charge in [-0.05, 0) is 18.1 Å². The smallest absolute Gasteiger partial charge is 0.244 e. The van der Waals surface area contributed by atoms with Gasteiger partial charge in [0, 0.05) is 30.8 Å². The molecule has 0 bridgehead atoms. The molecule has 0 aliphatic carbocycles. The number of sulfonamides is 1. The molecular formula is C15H20ClN5O3S2. The van der Waals surface area contributed by atoms with Crippen molar-refractivity contribution in [1.29, 1.82) is 0 Å². The molecule has 0 radical (unpaired) electrons. The molecule has 2 aromatic heterocycles. The lowest BCUT2D eigenvalue weighted by molar-refractivity contribution is -0.130. The Kier molecular flexibility index (Phi) is 5.27. The van der Waals surface area contributed by atoms with E-state index in [0.29, 0.717) is 18.3 Å². The standard InChI is InChI=1S/C15H20ClN5O3S2/c1-9-6-13(22)21(26(3,23)24)8-11(9)14-17-15(19-18-14)20(2)7-10-4-5-12(16)25-10/h4-5,9,11H,6-8H2,1-3H3,(H,17,18,19). The molecule has 3 heterocycles. The zero-order valence-electron chi connectivity index (χ0n) is 14.6. The second-order valence-electron chi connectivity index (χ2n) is 6.56. The molecule has 11 heteroatoms. The number of H-pyrrole nitrogens is 1. The van der Waals surface area contributed by atoms with Gasteiger partial charge in [-0.3, -0.25) is 9.89 Å². The maximum atomic E-state index is 12.0. The zero-order chi connectivity index (χ0) is 19.1. The number of rotatable bonds is 5. The number of thiophene rings is 1. The Labute approximate surface area is 161 Å². The van der Waals surface area contributed by atoms with Crippen LogP contribution in [0.1, 0.15) is 30.0 Å². The molecule has 1 N–H and O–H groups in total. The average Bonchev–Trinajstić information content (AvgIpc) is 3.15. The number of anilines is 1. The Morgan fingerprint density at radius 2 is 2.19 bits per heavy atom. The number of hydrogen-bond donors (Lipinski definition) is 1. The van der Waals surface area contributed by atoms with Crippen molar-refractivity contribution >= 4 is 44.8 Å². The highest BCUT2D eigenvalue weighted by molar-refractivity contribution is 7.88. The maximum Gasteiger partial charge on any atom is 0.244 e. The second-order valence-corrected chi connectivity index (χ2v) is 10.3. The van der Waals surface area contributed by atoms with Crippen LogP contribution >= 0.6 is 22.9 Å². The van der Waals surface area contributed by atoms with Crippen LogP contribution < -0.4 is 4.90 Å². The van der Waals surface area contributed by atoms with Crippen LogP contribution in [0, 0.1) is 5.92 Å². The monoisotopic (exact) mass is 417 g/mol. The third kappa shape index (κ3) is 4.02. The lowest BCUT2D eigenvalue weighted by Gasteiger charge is -2.33. The van der Waals surface area contributed by atoms with Gasteiger partial charge in [-0.2, -0.15) is 4.98 Å². The topological polar surface area (TPSA) is 99.3 Å². The summed E-state index contributed by atoms with van der Waals surface area (Å²) in [7, 11) is -1.71. The van der Waals surface area contributed by atoms with Crippen molar-refractivity contribution in [2.75, 3.05) is 24.7 Å². The normalized spacial score (nSPS) is 21.2. The fourth-order valence-corrected chi connectivity index (χ4v) is 5.02. The van der Waals surface area contributed by atoms with Gasteiger partial charge in [-0.15, -0.1) is 16.4 Å². The molecule has 0 spiro atoms. The van der Waals surface area contributed by atoms with Crippen molar-refractivity contribution < 1.29 is 13.2 Å². The van der Waals surface area contributed by atoms with E-state index in [2.05, 4.69) is 15.2 Å². The molecule has 3 rings (SSSR count). The van der Waals surface area contributed by atoms with E-state index < -0.39 is 10.0 Å². The van der Waals surface area contributed by atoms with Crippen LogP contribution in [0.25, 0.3) is 0 Å². The number of halogens is 1. The molecule has 0 saturated carbocycles. The highest BCUT2D eigenvalue weighted by Crippen LogP contribution is 2.32. The van der Waals surface area contributed by atoms with E-state index >= 15 is 0 Å². The molecule has 0 aromatic carbocycles. The largest absolute Gasteiger partial charge is 0.337 e. The number of nitrogens with one attached hydrogen (secondary N) is 1. The minimum absolute atomic E-state index is 0.0253. The first-order chi connectivity index (χ1) is 12.1. The number of amides is 1. The van der Waals surface area contributed by atoms with Crippen molar-refractivity contribution in [3.63, 3.8) is 0 Å². The van der Waals surface area contributed by atoms with Gasteiger partial charge in [0.1, 0.15) is 5.82 Å². The summed E-state index contributed by atoms with van der Waals surface area (Å²) >= 11 is 7.45. The van der Waals surface area contributed by atoms with Gasteiger partial charge in [-0.1, -0.05) is 18.5 Å². The molecule has 8 nitrogen and oxygen atoms in total. The van der Waals surface area contributed by atoms with Crippen LogP contribution in [0.5, 0.6) is 0 Å². The quantitative estimate of drug-likeness (QED) is 0.799. The summed E-state index contributed by atoms with van der Waals surface area (Å²) in [6.45, 7) is 2.61. The number of aromatic amines is 1. The fraction of sp³-hybridized carbons (Fsp3) is 0.533. The van der Waals surface area contributed by atoms with Crippen molar-refractivity contribution in [3.05, 3.63) is 27.2 Å². The highest BCUT2D eigenvalue weighted by Gasteiger charge is 2.38. The first-order valence-electron chi connectivity index (χ1n) is 8.03. The summed E-state index contributed by atoms with van der Waals surface area (Å²) in [6.07, 6.45) is 1.21.